The Balaban J connectivity index is 1.60. The van der Waals surface area contributed by atoms with E-state index in [4.69, 9.17) is 4.74 Å². The molecule has 0 heterocycles. The molecular weight excluding hydrogens is 300 g/mol. The van der Waals surface area contributed by atoms with Crippen LogP contribution in [0.3, 0.4) is 0 Å². The van der Waals surface area contributed by atoms with Crippen LogP contribution in [-0.4, -0.2) is 64.3 Å². The molecule has 0 aromatic rings. The van der Waals surface area contributed by atoms with Crippen LogP contribution in [0, 0.1) is 11.8 Å². The molecule has 5 nitrogen and oxygen atoms in total. The van der Waals surface area contributed by atoms with Crippen LogP contribution >= 0.6 is 0 Å². The SMILES string of the molecule is CN=C(NCCCOCC1CC1)NCC(C1CCCCC1)N(C)C. The van der Waals surface area contributed by atoms with Gasteiger partial charge in [-0.15, -0.1) is 0 Å². The molecule has 0 spiro atoms. The second-order valence-electron chi connectivity index (χ2n) is 7.68. The van der Waals surface area contributed by atoms with Gasteiger partial charge in [-0.25, -0.2) is 0 Å². The maximum Gasteiger partial charge on any atom is 0.191 e. The lowest BCUT2D eigenvalue weighted by Crippen LogP contribution is -2.48. The monoisotopic (exact) mass is 338 g/mol. The van der Waals surface area contributed by atoms with E-state index in [1.807, 2.05) is 7.05 Å². The molecule has 2 aliphatic carbocycles. The summed E-state index contributed by atoms with van der Waals surface area (Å²) in [6.07, 6.45) is 10.7. The predicted octanol–water partition coefficient (Wildman–Crippen LogP) is 2.48. The van der Waals surface area contributed by atoms with Crippen molar-refractivity contribution in [3.63, 3.8) is 0 Å². The minimum atomic E-state index is 0.589. The molecule has 0 amide bonds. The number of guanidine groups is 1. The molecule has 0 saturated heterocycles. The van der Waals surface area contributed by atoms with Crippen molar-refractivity contribution in [3.05, 3.63) is 0 Å². The van der Waals surface area contributed by atoms with Gasteiger partial charge in [0.25, 0.3) is 0 Å². The molecule has 0 radical (unpaired) electrons. The molecule has 0 aliphatic heterocycles. The van der Waals surface area contributed by atoms with Gasteiger partial charge in [-0.2, -0.15) is 0 Å². The van der Waals surface area contributed by atoms with Crippen molar-refractivity contribution >= 4 is 5.96 Å². The maximum atomic E-state index is 5.68. The van der Waals surface area contributed by atoms with Gasteiger partial charge in [0.2, 0.25) is 0 Å². The van der Waals surface area contributed by atoms with Gasteiger partial charge in [-0.05, 0) is 58.0 Å². The fourth-order valence-corrected chi connectivity index (χ4v) is 3.63. The average Bonchev–Trinajstić information content (AvgIpc) is 3.41. The molecule has 2 rings (SSSR count). The van der Waals surface area contributed by atoms with E-state index < -0.39 is 0 Å². The van der Waals surface area contributed by atoms with Crippen LogP contribution in [0.1, 0.15) is 51.4 Å². The number of aliphatic imine (C=N–C) groups is 1. The highest BCUT2D eigenvalue weighted by Gasteiger charge is 2.25. The Kier molecular flexibility index (Phi) is 8.89. The van der Waals surface area contributed by atoms with Crippen LogP contribution in [0.5, 0.6) is 0 Å². The van der Waals surface area contributed by atoms with Gasteiger partial charge in [-0.1, -0.05) is 19.3 Å². The van der Waals surface area contributed by atoms with E-state index in [-0.39, 0.29) is 0 Å². The van der Waals surface area contributed by atoms with Gasteiger partial charge in [0.1, 0.15) is 0 Å². The minimum Gasteiger partial charge on any atom is -0.381 e. The second-order valence-corrected chi connectivity index (χ2v) is 7.68. The first-order valence-corrected chi connectivity index (χ1v) is 9.89. The molecule has 0 bridgehead atoms. The summed E-state index contributed by atoms with van der Waals surface area (Å²) in [5.74, 6) is 2.59. The number of rotatable bonds is 10. The average molecular weight is 339 g/mol. The molecule has 1 atom stereocenters. The summed E-state index contributed by atoms with van der Waals surface area (Å²) in [6.45, 7) is 3.69. The number of nitrogens with one attached hydrogen (secondary N) is 2. The highest BCUT2D eigenvalue weighted by Crippen LogP contribution is 2.29. The molecule has 24 heavy (non-hydrogen) atoms. The Morgan fingerprint density at radius 1 is 1.12 bits per heavy atom. The fourth-order valence-electron chi connectivity index (χ4n) is 3.63. The Labute approximate surface area is 148 Å². The lowest BCUT2D eigenvalue weighted by molar-refractivity contribution is 0.123. The van der Waals surface area contributed by atoms with Crippen molar-refractivity contribution in [3.8, 4) is 0 Å². The van der Waals surface area contributed by atoms with Crippen molar-refractivity contribution in [2.45, 2.75) is 57.4 Å². The molecule has 2 saturated carbocycles. The summed E-state index contributed by atoms with van der Waals surface area (Å²) in [5, 5.41) is 6.93. The molecule has 2 aliphatic rings. The van der Waals surface area contributed by atoms with Crippen LogP contribution in [-0.2, 0) is 4.74 Å². The smallest absolute Gasteiger partial charge is 0.191 e. The zero-order valence-electron chi connectivity index (χ0n) is 16.0. The third-order valence-corrected chi connectivity index (χ3v) is 5.37. The van der Waals surface area contributed by atoms with E-state index >= 15 is 0 Å². The Morgan fingerprint density at radius 3 is 2.50 bits per heavy atom. The highest BCUT2D eigenvalue weighted by molar-refractivity contribution is 5.79. The summed E-state index contributed by atoms with van der Waals surface area (Å²) < 4.78 is 5.68. The largest absolute Gasteiger partial charge is 0.381 e. The predicted molar refractivity (Wildman–Crippen MR) is 102 cm³/mol. The van der Waals surface area contributed by atoms with Crippen LogP contribution in [0.2, 0.25) is 0 Å². The normalized spacial score (nSPS) is 21.1. The maximum absolute atomic E-state index is 5.68. The Bertz CT molecular complexity index is 362. The van der Waals surface area contributed by atoms with E-state index in [0.29, 0.717) is 6.04 Å². The lowest BCUT2D eigenvalue weighted by Gasteiger charge is -2.35. The minimum absolute atomic E-state index is 0.589. The van der Waals surface area contributed by atoms with Crippen molar-refractivity contribution < 1.29 is 4.74 Å². The lowest BCUT2D eigenvalue weighted by atomic mass is 9.83. The first-order chi connectivity index (χ1) is 11.7. The second kappa shape index (κ2) is 10.9. The first kappa shape index (κ1) is 19.5. The first-order valence-electron chi connectivity index (χ1n) is 9.89. The van der Waals surface area contributed by atoms with Crippen LogP contribution in [0.15, 0.2) is 4.99 Å². The zero-order chi connectivity index (χ0) is 17.2. The standard InChI is InChI=1S/C19H38N4O/c1-20-19(21-12-7-13-24-15-16-10-11-16)22-14-18(23(2)3)17-8-5-4-6-9-17/h16-18H,4-15H2,1-3H3,(H2,20,21,22). The summed E-state index contributed by atoms with van der Waals surface area (Å²) in [6, 6.07) is 0.589. The molecule has 0 aromatic carbocycles. The summed E-state index contributed by atoms with van der Waals surface area (Å²) in [4.78, 5) is 6.73. The fraction of sp³-hybridized carbons (Fsp3) is 0.947. The van der Waals surface area contributed by atoms with E-state index in [2.05, 4.69) is 34.6 Å². The van der Waals surface area contributed by atoms with E-state index in [0.717, 1.165) is 50.5 Å². The number of hydrogen-bond acceptors (Lipinski definition) is 3. The Morgan fingerprint density at radius 2 is 1.88 bits per heavy atom. The highest BCUT2D eigenvalue weighted by atomic mass is 16.5. The molecular formula is C19H38N4O. The molecule has 5 heteroatoms. The van der Waals surface area contributed by atoms with Gasteiger partial charge < -0.3 is 20.3 Å². The third-order valence-electron chi connectivity index (χ3n) is 5.37. The summed E-state index contributed by atoms with van der Waals surface area (Å²) in [5.41, 5.74) is 0. The topological polar surface area (TPSA) is 48.9 Å². The van der Waals surface area contributed by atoms with Crippen molar-refractivity contribution in [2.24, 2.45) is 16.8 Å². The van der Waals surface area contributed by atoms with Crippen molar-refractivity contribution in [1.29, 1.82) is 0 Å². The number of ether oxygens (including phenoxy) is 1. The summed E-state index contributed by atoms with van der Waals surface area (Å²) >= 11 is 0. The van der Waals surface area contributed by atoms with Gasteiger partial charge >= 0.3 is 0 Å². The van der Waals surface area contributed by atoms with Gasteiger partial charge in [0.15, 0.2) is 5.96 Å². The van der Waals surface area contributed by atoms with E-state index in [1.54, 1.807) is 0 Å². The van der Waals surface area contributed by atoms with Crippen LogP contribution in [0.4, 0.5) is 0 Å². The number of hydrogen-bond donors (Lipinski definition) is 2. The molecule has 2 N–H and O–H groups in total. The van der Waals surface area contributed by atoms with Gasteiger partial charge in [-0.3, -0.25) is 4.99 Å². The summed E-state index contributed by atoms with van der Waals surface area (Å²) in [7, 11) is 6.26. The van der Waals surface area contributed by atoms with Crippen LogP contribution < -0.4 is 10.6 Å². The molecule has 2 fully saturated rings. The van der Waals surface area contributed by atoms with Gasteiger partial charge in [0, 0.05) is 39.4 Å². The molecule has 1 unspecified atom stereocenters. The van der Waals surface area contributed by atoms with E-state index in [9.17, 15) is 0 Å². The molecule has 0 aromatic heterocycles. The van der Waals surface area contributed by atoms with Crippen molar-refractivity contribution in [1.82, 2.24) is 15.5 Å². The number of nitrogens with zero attached hydrogens (tertiary/aromatic N) is 2. The van der Waals surface area contributed by atoms with E-state index in [1.165, 1.54) is 44.9 Å². The number of likely N-dealkylation sites (N-methyl/N-ethyl adjacent to an activating group) is 1. The van der Waals surface area contributed by atoms with Gasteiger partial charge in [0.05, 0.1) is 0 Å². The van der Waals surface area contributed by atoms with Crippen LogP contribution in [0.25, 0.3) is 0 Å². The third kappa shape index (κ3) is 7.39. The quantitative estimate of drug-likeness (QED) is 0.365. The Hall–Kier alpha value is -0.810. The zero-order valence-corrected chi connectivity index (χ0v) is 16.0. The molecule has 140 valence electrons. The van der Waals surface area contributed by atoms with Crippen molar-refractivity contribution in [2.75, 3.05) is 47.4 Å².